The molecule has 0 amide bonds. The molecule has 1 aliphatic heterocycles. The Labute approximate surface area is 437 Å². The molecule has 2 saturated carbocycles. The molecule has 0 unspecified atom stereocenters. The summed E-state index contributed by atoms with van der Waals surface area (Å²) in [5.41, 5.74) is 16.6. The number of benzene rings is 7. The normalized spacial score (nSPS) is 15.8. The Bertz CT molecular complexity index is 3490. The number of anilines is 4. The van der Waals surface area contributed by atoms with E-state index in [-0.39, 0.29) is 16.6 Å². The van der Waals surface area contributed by atoms with Gasteiger partial charge in [-0.1, -0.05) is 159 Å². The third-order valence-corrected chi connectivity index (χ3v) is 16.4. The average molecular weight is 977 g/mol. The van der Waals surface area contributed by atoms with Crippen LogP contribution in [0, 0.1) is 5.82 Å². The first-order chi connectivity index (χ1) is 35.9. The monoisotopic (exact) mass is 977 g/mol. The Balaban J connectivity index is 1.05. The third kappa shape index (κ3) is 8.94. The van der Waals surface area contributed by atoms with Gasteiger partial charge < -0.3 is 14.5 Å². The number of ether oxygens (including phenoxy) is 1. The minimum atomic E-state index is -0.236. The molecule has 0 saturated heterocycles. The van der Waals surface area contributed by atoms with Crippen molar-refractivity contribution in [3.63, 3.8) is 0 Å². The van der Waals surface area contributed by atoms with E-state index in [0.717, 1.165) is 67.6 Å². The van der Waals surface area contributed by atoms with Gasteiger partial charge in [-0.05, 0) is 154 Å². The van der Waals surface area contributed by atoms with E-state index in [0.29, 0.717) is 18.5 Å². The van der Waals surface area contributed by atoms with Gasteiger partial charge in [-0.25, -0.2) is 9.37 Å². The first kappa shape index (κ1) is 47.8. The number of nitrogens with zero attached hydrogens (tertiary/aromatic N) is 4. The molecular formula is C68H69FN4O. The third-order valence-electron chi connectivity index (χ3n) is 16.4. The SMILES string of the molecule is CC(C)(C)c1ccnc(-n2c3ccccc3c3ccc(Oc4cc(-c5c(C6CCCCC6)cccc5C5CCCCC5)cc(N5CN(c6c(-c7ccc(F)cc7)cccc6C(C)(C)C)c6ccccc65)c4)cc32)c1. The van der Waals surface area contributed by atoms with E-state index in [9.17, 15) is 4.39 Å². The molecule has 12 rings (SSSR count). The summed E-state index contributed by atoms with van der Waals surface area (Å²) in [6.45, 7) is 14.2. The molecule has 74 heavy (non-hydrogen) atoms. The van der Waals surface area contributed by atoms with Crippen LogP contribution in [0.2, 0.25) is 0 Å². The van der Waals surface area contributed by atoms with E-state index in [1.165, 1.54) is 103 Å². The molecule has 3 heterocycles. The molecule has 6 heteroatoms. The lowest BCUT2D eigenvalue weighted by molar-refractivity contribution is 0.436. The lowest BCUT2D eigenvalue weighted by Crippen LogP contribution is -2.27. The summed E-state index contributed by atoms with van der Waals surface area (Å²) in [6.07, 6.45) is 14.6. The lowest BCUT2D eigenvalue weighted by atomic mass is 9.75. The van der Waals surface area contributed by atoms with Gasteiger partial charge in [0.15, 0.2) is 0 Å². The maximum absolute atomic E-state index is 14.5. The van der Waals surface area contributed by atoms with Crippen LogP contribution in [0.4, 0.5) is 27.1 Å². The van der Waals surface area contributed by atoms with Crippen LogP contribution >= 0.6 is 0 Å². The first-order valence-electron chi connectivity index (χ1n) is 27.4. The zero-order valence-electron chi connectivity index (χ0n) is 44.1. The van der Waals surface area contributed by atoms with Crippen LogP contribution in [-0.2, 0) is 10.8 Å². The van der Waals surface area contributed by atoms with Gasteiger partial charge in [-0.2, -0.15) is 0 Å². The minimum absolute atomic E-state index is 0.0341. The van der Waals surface area contributed by atoms with Crippen molar-refractivity contribution in [1.82, 2.24) is 9.55 Å². The Morgan fingerprint density at radius 2 is 1.18 bits per heavy atom. The van der Waals surface area contributed by atoms with Gasteiger partial charge in [0.25, 0.3) is 0 Å². The van der Waals surface area contributed by atoms with Crippen LogP contribution in [-0.4, -0.2) is 16.2 Å². The number of para-hydroxylation sites is 4. The summed E-state index contributed by atoms with van der Waals surface area (Å²) in [6, 6.07) is 56.3. The van der Waals surface area contributed by atoms with Crippen molar-refractivity contribution in [2.75, 3.05) is 16.5 Å². The molecule has 374 valence electrons. The quantitative estimate of drug-likeness (QED) is 0.144. The van der Waals surface area contributed by atoms with Crippen molar-refractivity contribution in [1.29, 1.82) is 0 Å². The highest BCUT2D eigenvalue weighted by Crippen LogP contribution is 2.52. The summed E-state index contributed by atoms with van der Waals surface area (Å²) in [5.74, 6) is 3.28. The first-order valence-corrected chi connectivity index (χ1v) is 27.4. The zero-order chi connectivity index (χ0) is 50.7. The average Bonchev–Trinajstić information content (AvgIpc) is 3.97. The van der Waals surface area contributed by atoms with Gasteiger partial charge >= 0.3 is 0 Å². The molecule has 2 aliphatic carbocycles. The molecule has 2 fully saturated rings. The van der Waals surface area contributed by atoms with Crippen molar-refractivity contribution in [2.45, 2.75) is 128 Å². The number of halogens is 1. The van der Waals surface area contributed by atoms with Crippen LogP contribution in [0.3, 0.4) is 0 Å². The molecule has 0 radical (unpaired) electrons. The smallest absolute Gasteiger partial charge is 0.137 e. The number of hydrogen-bond acceptors (Lipinski definition) is 4. The summed E-state index contributed by atoms with van der Waals surface area (Å²) in [7, 11) is 0. The fourth-order valence-corrected chi connectivity index (χ4v) is 12.7. The summed E-state index contributed by atoms with van der Waals surface area (Å²) < 4.78 is 24.1. The predicted octanol–water partition coefficient (Wildman–Crippen LogP) is 19.4. The maximum atomic E-state index is 14.5. The fourth-order valence-electron chi connectivity index (χ4n) is 12.7. The largest absolute Gasteiger partial charge is 0.457 e. The Kier molecular flexibility index (Phi) is 12.4. The maximum Gasteiger partial charge on any atom is 0.137 e. The van der Waals surface area contributed by atoms with Crippen LogP contribution in [0.1, 0.15) is 140 Å². The number of aromatic nitrogens is 2. The van der Waals surface area contributed by atoms with E-state index in [1.807, 2.05) is 18.3 Å². The molecule has 7 aromatic carbocycles. The molecule has 9 aromatic rings. The van der Waals surface area contributed by atoms with Gasteiger partial charge in [-0.15, -0.1) is 0 Å². The van der Waals surface area contributed by atoms with Crippen LogP contribution in [0.5, 0.6) is 11.5 Å². The molecular weight excluding hydrogens is 908 g/mol. The molecule has 0 bridgehead atoms. The van der Waals surface area contributed by atoms with Crippen molar-refractivity contribution >= 4 is 44.6 Å². The van der Waals surface area contributed by atoms with E-state index in [4.69, 9.17) is 9.72 Å². The van der Waals surface area contributed by atoms with E-state index in [2.05, 4.69) is 189 Å². The van der Waals surface area contributed by atoms with Crippen molar-refractivity contribution in [3.05, 3.63) is 192 Å². The number of pyridine rings is 1. The standard InChI is InChI=1S/C68H69FN4O/c1-67(2,3)49-37-38-70-64(41-49)73-60-28-14-13-23-57(60)58-36-35-52(43-63(58)73)74-53-40-48(65-54(45-19-9-7-10-20-45)24-17-25-55(65)46-21-11-8-12-22-46)39-51(42-53)71-44-72(62-30-16-15-29-61(62)71)66-56(47-31-33-50(69)34-32-47)26-18-27-59(66)68(4,5)6/h13-18,23-43,45-46H,7-12,19-22,44H2,1-6H3. The molecule has 3 aliphatic rings. The molecule has 0 spiro atoms. The predicted molar refractivity (Wildman–Crippen MR) is 307 cm³/mol. The van der Waals surface area contributed by atoms with Crippen LogP contribution < -0.4 is 14.5 Å². The van der Waals surface area contributed by atoms with Gasteiger partial charge in [0, 0.05) is 40.4 Å². The second-order valence-electron chi connectivity index (χ2n) is 23.4. The second-order valence-corrected chi connectivity index (χ2v) is 23.4. The number of rotatable bonds is 9. The Morgan fingerprint density at radius 3 is 1.86 bits per heavy atom. The van der Waals surface area contributed by atoms with Crippen molar-refractivity contribution in [2.24, 2.45) is 0 Å². The lowest BCUT2D eigenvalue weighted by Gasteiger charge is -2.32. The molecule has 0 atom stereocenters. The fraction of sp³-hybridized carbons (Fsp3) is 0.309. The highest BCUT2D eigenvalue weighted by atomic mass is 19.1. The topological polar surface area (TPSA) is 33.5 Å². The van der Waals surface area contributed by atoms with Gasteiger partial charge in [0.1, 0.15) is 29.8 Å². The van der Waals surface area contributed by atoms with Crippen molar-refractivity contribution in [3.8, 4) is 39.6 Å². The van der Waals surface area contributed by atoms with Crippen LogP contribution in [0.15, 0.2) is 164 Å². The highest BCUT2D eigenvalue weighted by molar-refractivity contribution is 6.09. The van der Waals surface area contributed by atoms with Crippen molar-refractivity contribution < 1.29 is 9.13 Å². The molecule has 0 N–H and O–H groups in total. The second kappa shape index (κ2) is 19.3. The zero-order valence-corrected chi connectivity index (χ0v) is 44.1. The summed E-state index contributed by atoms with van der Waals surface area (Å²) in [5, 5.41) is 2.34. The molecule has 5 nitrogen and oxygen atoms in total. The van der Waals surface area contributed by atoms with E-state index in [1.54, 1.807) is 12.1 Å². The summed E-state index contributed by atoms with van der Waals surface area (Å²) >= 11 is 0. The van der Waals surface area contributed by atoms with Crippen LogP contribution in [0.25, 0.3) is 49.9 Å². The number of hydrogen-bond donors (Lipinski definition) is 0. The van der Waals surface area contributed by atoms with Gasteiger partial charge in [0.2, 0.25) is 0 Å². The highest BCUT2D eigenvalue weighted by Gasteiger charge is 2.35. The Morgan fingerprint density at radius 1 is 0.527 bits per heavy atom. The molecule has 2 aromatic heterocycles. The summed E-state index contributed by atoms with van der Waals surface area (Å²) in [4.78, 5) is 9.96. The van der Waals surface area contributed by atoms with Gasteiger partial charge in [-0.3, -0.25) is 4.57 Å². The number of fused-ring (bicyclic) bond motifs is 4. The van der Waals surface area contributed by atoms with Gasteiger partial charge in [0.05, 0.1) is 28.1 Å². The minimum Gasteiger partial charge on any atom is -0.457 e. The Hall–Kier alpha value is -7.18. The van der Waals surface area contributed by atoms with E-state index < -0.39 is 0 Å². The van der Waals surface area contributed by atoms with E-state index >= 15 is 0 Å².